The van der Waals surface area contributed by atoms with Crippen LogP contribution in [0.3, 0.4) is 0 Å². The maximum Gasteiger partial charge on any atom is 0.175 e. The summed E-state index contributed by atoms with van der Waals surface area (Å²) in [6, 6.07) is 14.5. The number of aliphatic hydroxyl groups is 1. The molecule has 154 valence electrons. The third kappa shape index (κ3) is 3.49. The number of hydrogen-bond donors (Lipinski definition) is 1. The molecule has 0 radical (unpaired) electrons. The molecular formula is C23H16Cl2N4O2. The van der Waals surface area contributed by atoms with E-state index in [1.54, 1.807) is 36.9 Å². The highest BCUT2D eigenvalue weighted by atomic mass is 35.5. The Bertz CT molecular complexity index is 1390. The summed E-state index contributed by atoms with van der Waals surface area (Å²) in [5.74, 6) is 0.567. The summed E-state index contributed by atoms with van der Waals surface area (Å²) in [5.41, 5.74) is 4.33. The van der Waals surface area contributed by atoms with Crippen molar-refractivity contribution in [3.63, 3.8) is 0 Å². The van der Waals surface area contributed by atoms with Crippen molar-refractivity contribution < 1.29 is 9.63 Å². The van der Waals surface area contributed by atoms with Crippen LogP contribution in [0.1, 0.15) is 17.2 Å². The highest BCUT2D eigenvalue weighted by molar-refractivity contribution is 6.31. The van der Waals surface area contributed by atoms with Crippen LogP contribution in [0.15, 0.2) is 71.8 Å². The van der Waals surface area contributed by atoms with Gasteiger partial charge in [-0.05, 0) is 29.8 Å². The molecule has 1 N–H and O–H groups in total. The van der Waals surface area contributed by atoms with Gasteiger partial charge >= 0.3 is 0 Å². The fraction of sp³-hybridized carbons (Fsp3) is 0.0870. The van der Waals surface area contributed by atoms with Crippen molar-refractivity contribution >= 4 is 34.1 Å². The van der Waals surface area contributed by atoms with Crippen LogP contribution in [-0.2, 0) is 7.05 Å². The number of benzene rings is 2. The molecule has 8 heteroatoms. The monoisotopic (exact) mass is 450 g/mol. The lowest BCUT2D eigenvalue weighted by Gasteiger charge is -2.17. The molecule has 0 aliphatic heterocycles. The Balaban J connectivity index is 1.81. The number of imidazole rings is 1. The van der Waals surface area contributed by atoms with Crippen molar-refractivity contribution in [3.8, 4) is 22.6 Å². The number of halogens is 2. The zero-order chi connectivity index (χ0) is 21.5. The standard InChI is InChI=1S/C23H16Cl2N4O2/c1-29-12-26-11-18(29)20-16(22(30)14-5-8-19(25)27-10-14)6-7-17-21(20)23(31-28-17)13-3-2-4-15(24)9-13/h2-12,22,30H,1H3. The van der Waals surface area contributed by atoms with Crippen LogP contribution >= 0.6 is 23.2 Å². The van der Waals surface area contributed by atoms with E-state index < -0.39 is 6.10 Å². The Kier molecular flexibility index (Phi) is 4.98. The Labute approximate surface area is 187 Å². The van der Waals surface area contributed by atoms with Gasteiger partial charge in [0.1, 0.15) is 16.8 Å². The van der Waals surface area contributed by atoms with Gasteiger partial charge in [-0.1, -0.05) is 52.6 Å². The van der Waals surface area contributed by atoms with Gasteiger partial charge in [0.25, 0.3) is 0 Å². The fourth-order valence-electron chi connectivity index (χ4n) is 3.71. The second kappa shape index (κ2) is 7.81. The van der Waals surface area contributed by atoms with E-state index in [-0.39, 0.29) is 0 Å². The minimum Gasteiger partial charge on any atom is -0.384 e. The van der Waals surface area contributed by atoms with Crippen LogP contribution in [0.2, 0.25) is 10.2 Å². The molecule has 6 nitrogen and oxygen atoms in total. The predicted molar refractivity (Wildman–Crippen MR) is 120 cm³/mol. The highest BCUT2D eigenvalue weighted by Crippen LogP contribution is 2.42. The van der Waals surface area contributed by atoms with E-state index in [0.717, 1.165) is 22.2 Å². The summed E-state index contributed by atoms with van der Waals surface area (Å²) in [5, 5.41) is 17.2. The quantitative estimate of drug-likeness (QED) is 0.356. The molecular weight excluding hydrogens is 435 g/mol. The number of pyridine rings is 1. The van der Waals surface area contributed by atoms with E-state index in [1.165, 1.54) is 0 Å². The molecule has 31 heavy (non-hydrogen) atoms. The van der Waals surface area contributed by atoms with Crippen LogP contribution < -0.4 is 0 Å². The van der Waals surface area contributed by atoms with Gasteiger partial charge in [0, 0.05) is 35.0 Å². The topological polar surface area (TPSA) is 77.0 Å². The van der Waals surface area contributed by atoms with E-state index in [4.69, 9.17) is 27.7 Å². The van der Waals surface area contributed by atoms with Gasteiger partial charge in [0.05, 0.1) is 23.6 Å². The van der Waals surface area contributed by atoms with E-state index in [9.17, 15) is 5.11 Å². The summed E-state index contributed by atoms with van der Waals surface area (Å²) in [6.45, 7) is 0. The van der Waals surface area contributed by atoms with Crippen LogP contribution in [0, 0.1) is 0 Å². The third-order valence-corrected chi connectivity index (χ3v) is 5.66. The maximum atomic E-state index is 11.3. The van der Waals surface area contributed by atoms with Gasteiger partial charge in [-0.15, -0.1) is 0 Å². The zero-order valence-electron chi connectivity index (χ0n) is 16.3. The molecule has 0 saturated carbocycles. The van der Waals surface area contributed by atoms with E-state index in [0.29, 0.717) is 32.6 Å². The molecule has 1 atom stereocenters. The second-order valence-corrected chi connectivity index (χ2v) is 7.98. The third-order valence-electron chi connectivity index (χ3n) is 5.20. The first kappa shape index (κ1) is 19.8. The van der Waals surface area contributed by atoms with Gasteiger partial charge in [-0.25, -0.2) is 9.97 Å². The van der Waals surface area contributed by atoms with E-state index in [2.05, 4.69) is 15.1 Å². The molecule has 0 bridgehead atoms. The smallest absolute Gasteiger partial charge is 0.175 e. The summed E-state index contributed by atoms with van der Waals surface area (Å²) >= 11 is 12.1. The second-order valence-electron chi connectivity index (χ2n) is 7.15. The lowest BCUT2D eigenvalue weighted by Crippen LogP contribution is -2.04. The van der Waals surface area contributed by atoms with Gasteiger partial charge < -0.3 is 14.2 Å². The highest BCUT2D eigenvalue weighted by Gasteiger charge is 2.25. The first-order valence-electron chi connectivity index (χ1n) is 9.47. The van der Waals surface area contributed by atoms with Crippen molar-refractivity contribution in [2.75, 3.05) is 0 Å². The number of fused-ring (bicyclic) bond motifs is 1. The molecule has 2 aromatic carbocycles. The van der Waals surface area contributed by atoms with Crippen molar-refractivity contribution in [2.24, 2.45) is 7.05 Å². The summed E-state index contributed by atoms with van der Waals surface area (Å²) in [7, 11) is 1.90. The van der Waals surface area contributed by atoms with Crippen LogP contribution in [0.25, 0.3) is 33.5 Å². The number of aromatic nitrogens is 4. The largest absolute Gasteiger partial charge is 0.384 e. The number of aryl methyl sites for hydroxylation is 1. The minimum atomic E-state index is -0.943. The average Bonchev–Trinajstić information content (AvgIpc) is 3.39. The predicted octanol–water partition coefficient (Wildman–Crippen LogP) is 5.68. The molecule has 0 aliphatic rings. The van der Waals surface area contributed by atoms with Crippen LogP contribution in [0.5, 0.6) is 0 Å². The first-order chi connectivity index (χ1) is 15.0. The fourth-order valence-corrected chi connectivity index (χ4v) is 4.01. The Morgan fingerprint density at radius 3 is 2.65 bits per heavy atom. The first-order valence-corrected chi connectivity index (χ1v) is 10.2. The zero-order valence-corrected chi connectivity index (χ0v) is 17.8. The average molecular weight is 451 g/mol. The van der Waals surface area contributed by atoms with Gasteiger partial charge in [-0.3, -0.25) is 0 Å². The molecule has 5 aromatic rings. The van der Waals surface area contributed by atoms with Gasteiger partial charge in [-0.2, -0.15) is 0 Å². The Morgan fingerprint density at radius 1 is 1.06 bits per heavy atom. The van der Waals surface area contributed by atoms with Crippen molar-refractivity contribution in [1.82, 2.24) is 19.7 Å². The molecule has 5 rings (SSSR count). The minimum absolute atomic E-state index is 0.362. The molecule has 3 heterocycles. The normalized spacial score (nSPS) is 12.4. The molecule has 3 aromatic heterocycles. The van der Waals surface area contributed by atoms with Crippen molar-refractivity contribution in [2.45, 2.75) is 6.10 Å². The van der Waals surface area contributed by atoms with Gasteiger partial charge in [0.2, 0.25) is 0 Å². The molecule has 1 unspecified atom stereocenters. The Morgan fingerprint density at radius 2 is 1.94 bits per heavy atom. The van der Waals surface area contributed by atoms with Crippen LogP contribution in [0.4, 0.5) is 0 Å². The SMILES string of the molecule is Cn1cncc1-c1c(C(O)c2ccc(Cl)nc2)ccc2noc(-c3cccc(Cl)c3)c12. The van der Waals surface area contributed by atoms with E-state index in [1.807, 2.05) is 41.9 Å². The lowest BCUT2D eigenvalue weighted by molar-refractivity contribution is 0.220. The lowest BCUT2D eigenvalue weighted by atomic mass is 9.91. The molecule has 0 fully saturated rings. The van der Waals surface area contributed by atoms with Crippen molar-refractivity contribution in [1.29, 1.82) is 0 Å². The van der Waals surface area contributed by atoms with Gasteiger partial charge in [0.15, 0.2) is 5.76 Å². The maximum absolute atomic E-state index is 11.3. The molecule has 0 spiro atoms. The van der Waals surface area contributed by atoms with Crippen molar-refractivity contribution in [3.05, 3.63) is 88.6 Å². The number of aliphatic hydroxyl groups excluding tert-OH is 1. The summed E-state index contributed by atoms with van der Waals surface area (Å²) in [4.78, 5) is 8.38. The van der Waals surface area contributed by atoms with E-state index >= 15 is 0 Å². The molecule has 0 saturated heterocycles. The molecule has 0 aliphatic carbocycles. The Hall–Kier alpha value is -3.19. The summed E-state index contributed by atoms with van der Waals surface area (Å²) < 4.78 is 7.63. The van der Waals surface area contributed by atoms with Crippen LogP contribution in [-0.4, -0.2) is 24.8 Å². The number of rotatable bonds is 4. The number of nitrogens with zero attached hydrogens (tertiary/aromatic N) is 4. The number of hydrogen-bond acceptors (Lipinski definition) is 5. The summed E-state index contributed by atoms with van der Waals surface area (Å²) in [6.07, 6.45) is 4.08. The molecule has 0 amide bonds.